The highest BCUT2D eigenvalue weighted by Crippen LogP contribution is 2.23. The zero-order chi connectivity index (χ0) is 20.9. The molecule has 2 aromatic carbocycles. The third kappa shape index (κ3) is 5.57. The number of furan rings is 1. The maximum atomic E-state index is 12.3. The first-order valence-corrected chi connectivity index (χ1v) is 10.6. The lowest BCUT2D eigenvalue weighted by Gasteiger charge is -2.07. The van der Waals surface area contributed by atoms with Gasteiger partial charge in [-0.3, -0.25) is 4.79 Å². The summed E-state index contributed by atoms with van der Waals surface area (Å²) in [6.45, 7) is 1.89. The fourth-order valence-electron chi connectivity index (χ4n) is 2.51. The van der Waals surface area contributed by atoms with Gasteiger partial charge in [-0.1, -0.05) is 29.8 Å². The van der Waals surface area contributed by atoms with Crippen LogP contribution < -0.4 is 10.0 Å². The van der Waals surface area contributed by atoms with Gasteiger partial charge in [-0.25, -0.2) is 13.1 Å². The lowest BCUT2D eigenvalue weighted by Crippen LogP contribution is -2.22. The van der Waals surface area contributed by atoms with Crippen LogP contribution in [0.2, 0.25) is 5.02 Å². The Bertz CT molecular complexity index is 1120. The Balaban J connectivity index is 1.62. The molecule has 0 fully saturated rings. The molecule has 1 heterocycles. The zero-order valence-corrected chi connectivity index (χ0v) is 17.1. The van der Waals surface area contributed by atoms with Crippen molar-refractivity contribution < 1.29 is 17.6 Å². The quantitative estimate of drug-likeness (QED) is 0.544. The molecule has 150 valence electrons. The van der Waals surface area contributed by atoms with Gasteiger partial charge in [0.1, 0.15) is 5.76 Å². The zero-order valence-electron chi connectivity index (χ0n) is 15.6. The fourth-order valence-corrected chi connectivity index (χ4v) is 3.68. The molecular weight excluding hydrogens is 412 g/mol. The number of benzene rings is 2. The van der Waals surface area contributed by atoms with E-state index in [0.717, 1.165) is 5.56 Å². The van der Waals surface area contributed by atoms with Crippen LogP contribution in [0.4, 0.5) is 5.69 Å². The molecule has 0 aliphatic heterocycles. The minimum atomic E-state index is -3.66. The highest BCUT2D eigenvalue weighted by atomic mass is 35.5. The van der Waals surface area contributed by atoms with Crippen LogP contribution in [0.1, 0.15) is 16.9 Å². The van der Waals surface area contributed by atoms with Crippen LogP contribution in [0.25, 0.3) is 6.08 Å². The molecule has 29 heavy (non-hydrogen) atoms. The minimum Gasteiger partial charge on any atom is -0.468 e. The van der Waals surface area contributed by atoms with Gasteiger partial charge in [-0.15, -0.1) is 0 Å². The van der Waals surface area contributed by atoms with Crippen molar-refractivity contribution in [1.29, 1.82) is 0 Å². The number of halogens is 1. The Morgan fingerprint density at radius 3 is 2.55 bits per heavy atom. The van der Waals surface area contributed by atoms with E-state index in [1.54, 1.807) is 48.5 Å². The van der Waals surface area contributed by atoms with Crippen LogP contribution in [0, 0.1) is 6.92 Å². The Labute approximate surface area is 174 Å². The summed E-state index contributed by atoms with van der Waals surface area (Å²) in [5.74, 6) is 0.210. The summed E-state index contributed by atoms with van der Waals surface area (Å²) in [6.07, 6.45) is 4.45. The summed E-state index contributed by atoms with van der Waals surface area (Å²) in [6, 6.07) is 14.8. The third-order valence-corrected chi connectivity index (χ3v) is 5.99. The molecule has 8 heteroatoms. The number of anilines is 1. The smallest absolute Gasteiger partial charge is 0.248 e. The average molecular weight is 431 g/mol. The summed E-state index contributed by atoms with van der Waals surface area (Å²) >= 11 is 6.04. The van der Waals surface area contributed by atoms with Crippen molar-refractivity contribution in [1.82, 2.24) is 4.72 Å². The van der Waals surface area contributed by atoms with Gasteiger partial charge in [0.05, 0.1) is 17.7 Å². The van der Waals surface area contributed by atoms with Crippen LogP contribution in [-0.2, 0) is 21.4 Å². The summed E-state index contributed by atoms with van der Waals surface area (Å²) in [7, 11) is -3.66. The molecule has 3 rings (SSSR count). The molecule has 0 atom stereocenters. The molecule has 0 aliphatic carbocycles. The lowest BCUT2D eigenvalue weighted by molar-refractivity contribution is -0.111. The second-order valence-corrected chi connectivity index (χ2v) is 8.38. The number of amides is 1. The van der Waals surface area contributed by atoms with E-state index in [9.17, 15) is 13.2 Å². The Morgan fingerprint density at radius 2 is 1.86 bits per heavy atom. The second-order valence-electron chi connectivity index (χ2n) is 6.21. The highest BCUT2D eigenvalue weighted by Gasteiger charge is 2.14. The molecule has 3 aromatic rings. The predicted molar refractivity (Wildman–Crippen MR) is 113 cm³/mol. The molecule has 0 saturated carbocycles. The molecular formula is C21H19ClN2O4S. The predicted octanol–water partition coefficient (Wildman–Crippen LogP) is 4.37. The third-order valence-electron chi connectivity index (χ3n) is 4.16. The van der Waals surface area contributed by atoms with E-state index in [1.165, 1.54) is 24.5 Å². The van der Waals surface area contributed by atoms with E-state index in [4.69, 9.17) is 16.0 Å². The number of carbonyl (C=O) groups excluding carboxylic acids is 1. The van der Waals surface area contributed by atoms with Crippen molar-refractivity contribution >= 4 is 39.3 Å². The summed E-state index contributed by atoms with van der Waals surface area (Å²) in [5.41, 5.74) is 2.11. The molecule has 0 spiro atoms. The molecule has 0 bridgehead atoms. The standard InChI is InChI=1S/C21H19ClN2O4S/c1-15-19(22)5-2-6-20(15)24-21(25)12-9-16-7-10-18(11-8-16)29(26,27)23-14-17-4-3-13-28-17/h2-13,23H,14H2,1H3,(H,24,25)/b12-9+. The van der Waals surface area contributed by atoms with Crippen LogP contribution in [0.5, 0.6) is 0 Å². The SMILES string of the molecule is Cc1c(Cl)cccc1NC(=O)/C=C/c1ccc(S(=O)(=O)NCc2ccco2)cc1. The van der Waals surface area contributed by atoms with Crippen molar-refractivity contribution in [3.63, 3.8) is 0 Å². The molecule has 1 aromatic heterocycles. The molecule has 0 saturated heterocycles. The summed E-state index contributed by atoms with van der Waals surface area (Å²) in [4.78, 5) is 12.2. The lowest BCUT2D eigenvalue weighted by atomic mass is 10.2. The topological polar surface area (TPSA) is 88.4 Å². The molecule has 2 N–H and O–H groups in total. The molecule has 0 aliphatic rings. The summed E-state index contributed by atoms with van der Waals surface area (Å²) < 4.78 is 32.2. The molecule has 0 radical (unpaired) electrons. The van der Waals surface area contributed by atoms with Crippen LogP contribution in [0.15, 0.2) is 76.2 Å². The van der Waals surface area contributed by atoms with E-state index in [0.29, 0.717) is 22.0 Å². The number of hydrogen-bond acceptors (Lipinski definition) is 4. The largest absolute Gasteiger partial charge is 0.468 e. The first-order valence-electron chi connectivity index (χ1n) is 8.71. The van der Waals surface area contributed by atoms with Gasteiger partial charge in [-0.2, -0.15) is 0 Å². The van der Waals surface area contributed by atoms with E-state index in [-0.39, 0.29) is 17.3 Å². The van der Waals surface area contributed by atoms with Gasteiger partial charge in [0.25, 0.3) is 0 Å². The Hall–Kier alpha value is -2.87. The maximum Gasteiger partial charge on any atom is 0.248 e. The van der Waals surface area contributed by atoms with Crippen molar-refractivity contribution in [3.05, 3.63) is 88.8 Å². The average Bonchev–Trinajstić information content (AvgIpc) is 3.23. The normalized spacial score (nSPS) is 11.7. The van der Waals surface area contributed by atoms with Gasteiger partial charge in [-0.05, 0) is 60.5 Å². The molecule has 1 amide bonds. The van der Waals surface area contributed by atoms with E-state index in [2.05, 4.69) is 10.0 Å². The maximum absolute atomic E-state index is 12.3. The van der Waals surface area contributed by atoms with Crippen molar-refractivity contribution in [2.24, 2.45) is 0 Å². The van der Waals surface area contributed by atoms with Crippen molar-refractivity contribution in [2.75, 3.05) is 5.32 Å². The number of rotatable bonds is 7. The van der Waals surface area contributed by atoms with Crippen LogP contribution in [-0.4, -0.2) is 14.3 Å². The first kappa shape index (κ1) is 20.9. The van der Waals surface area contributed by atoms with Gasteiger partial charge in [0, 0.05) is 16.8 Å². The van der Waals surface area contributed by atoms with E-state index >= 15 is 0 Å². The van der Waals surface area contributed by atoms with Crippen LogP contribution in [0.3, 0.4) is 0 Å². The Morgan fingerprint density at radius 1 is 1.10 bits per heavy atom. The highest BCUT2D eigenvalue weighted by molar-refractivity contribution is 7.89. The Kier molecular flexibility index (Phi) is 6.53. The van der Waals surface area contributed by atoms with Gasteiger partial charge in [0.15, 0.2) is 0 Å². The van der Waals surface area contributed by atoms with E-state index < -0.39 is 10.0 Å². The minimum absolute atomic E-state index is 0.0695. The second kappa shape index (κ2) is 9.09. The van der Waals surface area contributed by atoms with Gasteiger partial charge < -0.3 is 9.73 Å². The van der Waals surface area contributed by atoms with Gasteiger partial charge in [0.2, 0.25) is 15.9 Å². The number of nitrogens with one attached hydrogen (secondary N) is 2. The van der Waals surface area contributed by atoms with E-state index in [1.807, 2.05) is 6.92 Å². The van der Waals surface area contributed by atoms with Crippen molar-refractivity contribution in [2.45, 2.75) is 18.4 Å². The number of carbonyl (C=O) groups is 1. The summed E-state index contributed by atoms with van der Waals surface area (Å²) in [5, 5.41) is 3.34. The number of sulfonamides is 1. The van der Waals surface area contributed by atoms with Crippen LogP contribution >= 0.6 is 11.6 Å². The van der Waals surface area contributed by atoms with Crippen molar-refractivity contribution in [3.8, 4) is 0 Å². The first-order chi connectivity index (χ1) is 13.8. The van der Waals surface area contributed by atoms with Gasteiger partial charge >= 0.3 is 0 Å². The fraction of sp³-hybridized carbons (Fsp3) is 0.0952. The number of hydrogen-bond donors (Lipinski definition) is 2. The monoisotopic (exact) mass is 430 g/mol. The molecule has 0 unspecified atom stereocenters. The molecule has 6 nitrogen and oxygen atoms in total.